The maximum Gasteiger partial charge on any atom is 0.339 e. The summed E-state index contributed by atoms with van der Waals surface area (Å²) in [5.74, 6) is -0.323. The van der Waals surface area contributed by atoms with E-state index in [0.717, 1.165) is 0 Å². The van der Waals surface area contributed by atoms with Crippen LogP contribution in [0.15, 0.2) is 12.1 Å². The summed E-state index contributed by atoms with van der Waals surface area (Å²) in [5.41, 5.74) is 0.170. The summed E-state index contributed by atoms with van der Waals surface area (Å²) in [7, 11) is 1.55. The monoisotopic (exact) mass is 352 g/mol. The molecule has 1 aliphatic rings. The van der Waals surface area contributed by atoms with Crippen molar-refractivity contribution in [1.82, 2.24) is 4.90 Å². The second-order valence-corrected chi connectivity index (χ2v) is 5.60. The fraction of sp³-hybridized carbons (Fsp3) is 0.438. The number of benzene rings is 1. The predicted molar refractivity (Wildman–Crippen MR) is 85.2 cm³/mol. The van der Waals surface area contributed by atoms with Gasteiger partial charge in [-0.05, 0) is 19.1 Å². The molecule has 0 fully saturated rings. The lowest BCUT2D eigenvalue weighted by atomic mass is 10.2. The molecule has 0 radical (unpaired) electrons. The van der Waals surface area contributed by atoms with E-state index in [-0.39, 0.29) is 29.5 Å². The molecule has 8 heteroatoms. The lowest BCUT2D eigenvalue weighted by Gasteiger charge is -2.22. The van der Waals surface area contributed by atoms with Crippen molar-refractivity contribution in [1.29, 1.82) is 5.26 Å². The quantitative estimate of drug-likeness (QED) is 0.753. The summed E-state index contributed by atoms with van der Waals surface area (Å²) >= 11 is 6.08. The van der Waals surface area contributed by atoms with Crippen molar-refractivity contribution in [2.24, 2.45) is 0 Å². The zero-order chi connectivity index (χ0) is 17.7. The fourth-order valence-electron chi connectivity index (χ4n) is 2.15. The minimum absolute atomic E-state index is 0.170. The van der Waals surface area contributed by atoms with Gasteiger partial charge in [-0.2, -0.15) is 5.26 Å². The summed E-state index contributed by atoms with van der Waals surface area (Å²) in [6.45, 7) is 2.49. The number of fused-ring (bicyclic) bond motifs is 1. The summed E-state index contributed by atoms with van der Waals surface area (Å²) in [6.07, 6.45) is -0.770. The van der Waals surface area contributed by atoms with E-state index in [4.69, 9.17) is 31.1 Å². The van der Waals surface area contributed by atoms with E-state index >= 15 is 0 Å². The summed E-state index contributed by atoms with van der Waals surface area (Å²) in [5, 5.41) is 8.78. The molecule has 0 aliphatic carbocycles. The average molecular weight is 353 g/mol. The van der Waals surface area contributed by atoms with Crippen LogP contribution in [0.5, 0.6) is 11.5 Å². The van der Waals surface area contributed by atoms with Gasteiger partial charge in [0, 0.05) is 13.6 Å². The van der Waals surface area contributed by atoms with Gasteiger partial charge in [0.2, 0.25) is 0 Å². The highest BCUT2D eigenvalue weighted by molar-refractivity contribution is 6.32. The zero-order valence-corrected chi connectivity index (χ0v) is 14.1. The highest BCUT2D eigenvalue weighted by Gasteiger charge is 2.24. The Morgan fingerprint density at radius 1 is 1.42 bits per heavy atom. The molecule has 0 saturated heterocycles. The first-order chi connectivity index (χ1) is 11.4. The van der Waals surface area contributed by atoms with E-state index < -0.39 is 12.1 Å². The summed E-state index contributed by atoms with van der Waals surface area (Å²) < 4.78 is 16.0. The van der Waals surface area contributed by atoms with Gasteiger partial charge < -0.3 is 19.1 Å². The van der Waals surface area contributed by atoms with Crippen molar-refractivity contribution < 1.29 is 23.8 Å². The number of nitriles is 1. The number of halogens is 1. The van der Waals surface area contributed by atoms with Crippen molar-refractivity contribution in [3.05, 3.63) is 22.7 Å². The number of carbonyl (C=O) groups is 2. The molecule has 0 bridgehead atoms. The molecule has 0 N–H and O–H groups in total. The second-order valence-electron chi connectivity index (χ2n) is 5.20. The molecule has 0 aromatic heterocycles. The third-order valence-electron chi connectivity index (χ3n) is 3.40. The molecule has 0 spiro atoms. The third kappa shape index (κ3) is 4.09. The van der Waals surface area contributed by atoms with Gasteiger partial charge in [0.1, 0.15) is 13.2 Å². The Hall–Kier alpha value is -2.46. The van der Waals surface area contributed by atoms with E-state index in [2.05, 4.69) is 0 Å². The van der Waals surface area contributed by atoms with E-state index in [1.54, 1.807) is 7.05 Å². The normalized spacial score (nSPS) is 13.6. The van der Waals surface area contributed by atoms with Crippen LogP contribution in [0.1, 0.15) is 23.7 Å². The van der Waals surface area contributed by atoms with Crippen LogP contribution in [0.25, 0.3) is 0 Å². The van der Waals surface area contributed by atoms with Crippen LogP contribution in [0.2, 0.25) is 5.02 Å². The van der Waals surface area contributed by atoms with Gasteiger partial charge in [-0.25, -0.2) is 4.79 Å². The number of rotatable bonds is 5. The number of hydrogen-bond acceptors (Lipinski definition) is 6. The van der Waals surface area contributed by atoms with Crippen LogP contribution in [0.4, 0.5) is 0 Å². The van der Waals surface area contributed by atoms with Crippen LogP contribution >= 0.6 is 11.6 Å². The first-order valence-electron chi connectivity index (χ1n) is 7.36. The molecule has 1 aromatic carbocycles. The van der Waals surface area contributed by atoms with Gasteiger partial charge in [0.15, 0.2) is 17.6 Å². The van der Waals surface area contributed by atoms with Crippen molar-refractivity contribution in [2.45, 2.75) is 19.4 Å². The van der Waals surface area contributed by atoms with Gasteiger partial charge in [0.25, 0.3) is 5.91 Å². The molecule has 1 atom stereocenters. The van der Waals surface area contributed by atoms with E-state index in [9.17, 15) is 9.59 Å². The predicted octanol–water partition coefficient (Wildman–Crippen LogP) is 2.03. The number of carbonyl (C=O) groups excluding carboxylic acids is 2. The van der Waals surface area contributed by atoms with Gasteiger partial charge in [0.05, 0.1) is 23.1 Å². The van der Waals surface area contributed by atoms with Crippen molar-refractivity contribution in [3.63, 3.8) is 0 Å². The molecule has 1 amide bonds. The lowest BCUT2D eigenvalue weighted by Crippen LogP contribution is -2.37. The molecule has 0 saturated carbocycles. The Morgan fingerprint density at radius 3 is 2.83 bits per heavy atom. The number of likely N-dealkylation sites (N-methyl/N-ethyl adjacent to an activating group) is 1. The molecule has 0 unspecified atom stereocenters. The molecule has 1 aliphatic heterocycles. The minimum atomic E-state index is -0.979. The van der Waals surface area contributed by atoms with Crippen molar-refractivity contribution >= 4 is 23.5 Å². The highest BCUT2D eigenvalue weighted by atomic mass is 35.5. The number of ether oxygens (including phenoxy) is 3. The third-order valence-corrected chi connectivity index (χ3v) is 3.68. The second kappa shape index (κ2) is 7.88. The molecular formula is C16H17ClN2O5. The molecule has 2 rings (SSSR count). The molecule has 128 valence electrons. The summed E-state index contributed by atoms with van der Waals surface area (Å²) in [4.78, 5) is 25.7. The molecular weight excluding hydrogens is 336 g/mol. The number of nitrogens with zero attached hydrogens (tertiary/aromatic N) is 2. The Labute approximate surface area is 144 Å². The number of hydrogen-bond donors (Lipinski definition) is 0. The molecule has 1 heterocycles. The topological polar surface area (TPSA) is 88.9 Å². The van der Waals surface area contributed by atoms with E-state index in [0.29, 0.717) is 24.7 Å². The summed E-state index contributed by atoms with van der Waals surface area (Å²) in [6, 6.07) is 4.83. The Morgan fingerprint density at radius 2 is 2.12 bits per heavy atom. The largest absolute Gasteiger partial charge is 0.486 e. The minimum Gasteiger partial charge on any atom is -0.486 e. The maximum atomic E-state index is 12.2. The first kappa shape index (κ1) is 17.9. The van der Waals surface area contributed by atoms with Gasteiger partial charge >= 0.3 is 5.97 Å². The number of esters is 1. The SMILES string of the molecule is C[C@H](OC(=O)c1cc(Cl)c2c(c1)OCCO2)C(=O)N(C)CCC#N. The van der Waals surface area contributed by atoms with Crippen molar-refractivity contribution in [3.8, 4) is 17.6 Å². The maximum absolute atomic E-state index is 12.2. The number of amides is 1. The molecule has 24 heavy (non-hydrogen) atoms. The Balaban J connectivity index is 2.05. The highest BCUT2D eigenvalue weighted by Crippen LogP contribution is 2.38. The van der Waals surface area contributed by atoms with Crippen LogP contribution in [-0.4, -0.2) is 49.7 Å². The van der Waals surface area contributed by atoms with E-state index in [1.807, 2.05) is 6.07 Å². The van der Waals surface area contributed by atoms with Crippen LogP contribution < -0.4 is 9.47 Å². The molecule has 7 nitrogen and oxygen atoms in total. The van der Waals surface area contributed by atoms with Crippen LogP contribution in [-0.2, 0) is 9.53 Å². The average Bonchev–Trinajstić information content (AvgIpc) is 2.58. The molecule has 1 aromatic rings. The van der Waals surface area contributed by atoms with Gasteiger partial charge in [-0.15, -0.1) is 0 Å². The van der Waals surface area contributed by atoms with Crippen LogP contribution in [0.3, 0.4) is 0 Å². The first-order valence-corrected chi connectivity index (χ1v) is 7.74. The zero-order valence-electron chi connectivity index (χ0n) is 13.4. The fourth-order valence-corrected chi connectivity index (χ4v) is 2.41. The van der Waals surface area contributed by atoms with Gasteiger partial charge in [-0.3, -0.25) is 4.79 Å². The smallest absolute Gasteiger partial charge is 0.339 e. The van der Waals surface area contributed by atoms with Crippen LogP contribution in [0, 0.1) is 11.3 Å². The van der Waals surface area contributed by atoms with Gasteiger partial charge in [-0.1, -0.05) is 11.6 Å². The lowest BCUT2D eigenvalue weighted by molar-refractivity contribution is -0.138. The van der Waals surface area contributed by atoms with E-state index in [1.165, 1.54) is 24.0 Å². The van der Waals surface area contributed by atoms with Crippen molar-refractivity contribution in [2.75, 3.05) is 26.8 Å². The Bertz CT molecular complexity index is 686. The Kier molecular flexibility index (Phi) is 5.88. The standard InChI is InChI=1S/C16H17ClN2O5/c1-10(15(20)19(2)5-3-4-18)24-16(21)11-8-12(17)14-13(9-11)22-6-7-23-14/h8-10H,3,5-7H2,1-2H3/t10-/m0/s1.